The summed E-state index contributed by atoms with van der Waals surface area (Å²) in [4.78, 5) is 2.36. The highest BCUT2D eigenvalue weighted by Crippen LogP contribution is 2.41. The average Bonchev–Trinajstić information content (AvgIpc) is 3.75. The van der Waals surface area contributed by atoms with Crippen LogP contribution in [-0.4, -0.2) is 0 Å². The number of hydrogen-bond acceptors (Lipinski definition) is 2. The third kappa shape index (κ3) is 6.88. The van der Waals surface area contributed by atoms with E-state index in [1.165, 1.54) is 66.1 Å². The SMILES string of the molecule is c1ccc(-c2ccc(-c3ccc(N(c4ccc(-c5ccc6oc7ccc(-c8cccc(-c9ccccc9)c8)cc7c6c5)cc4)c4ccc5c(ccc6ccccc65)c4)cc3)cc2)cc1. The summed E-state index contributed by atoms with van der Waals surface area (Å²) in [7, 11) is 0. The fourth-order valence-corrected chi connectivity index (χ4v) is 9.32. The van der Waals surface area contributed by atoms with Crippen LogP contribution >= 0.6 is 0 Å². The highest BCUT2D eigenvalue weighted by atomic mass is 16.3. The predicted molar refractivity (Wildman–Crippen MR) is 271 cm³/mol. The molecule has 0 aliphatic heterocycles. The summed E-state index contributed by atoms with van der Waals surface area (Å²) in [5, 5.41) is 7.20. The molecule has 1 aromatic heterocycles. The van der Waals surface area contributed by atoms with E-state index in [1.807, 2.05) is 0 Å². The predicted octanol–water partition coefficient (Wildman–Crippen LogP) is 17.7. The van der Waals surface area contributed by atoms with Crippen LogP contribution in [0.25, 0.3) is 99.1 Å². The largest absolute Gasteiger partial charge is 0.456 e. The van der Waals surface area contributed by atoms with Gasteiger partial charge in [-0.15, -0.1) is 0 Å². The van der Waals surface area contributed by atoms with Gasteiger partial charge in [0.05, 0.1) is 0 Å². The minimum atomic E-state index is 0.886. The molecule has 0 saturated carbocycles. The van der Waals surface area contributed by atoms with E-state index >= 15 is 0 Å². The van der Waals surface area contributed by atoms with Gasteiger partial charge in [0.15, 0.2) is 0 Å². The normalized spacial score (nSPS) is 11.4. The highest BCUT2D eigenvalue weighted by Gasteiger charge is 2.16. The molecule has 0 aliphatic carbocycles. The second-order valence-electron chi connectivity index (χ2n) is 16.5. The molecule has 0 spiro atoms. The monoisotopic (exact) mass is 815 g/mol. The molecule has 2 nitrogen and oxygen atoms in total. The maximum Gasteiger partial charge on any atom is 0.135 e. The van der Waals surface area contributed by atoms with E-state index in [9.17, 15) is 0 Å². The molecule has 0 bridgehead atoms. The van der Waals surface area contributed by atoms with Crippen LogP contribution in [0.5, 0.6) is 0 Å². The first-order valence-electron chi connectivity index (χ1n) is 21.9. The first-order valence-corrected chi connectivity index (χ1v) is 21.9. The first-order chi connectivity index (χ1) is 31.7. The number of furan rings is 1. The first kappa shape index (κ1) is 37.3. The quantitative estimate of drug-likeness (QED) is 0.142. The van der Waals surface area contributed by atoms with Crippen molar-refractivity contribution in [3.05, 3.63) is 249 Å². The van der Waals surface area contributed by atoms with Crippen LogP contribution in [0.3, 0.4) is 0 Å². The van der Waals surface area contributed by atoms with Crippen LogP contribution in [0.4, 0.5) is 17.1 Å². The van der Waals surface area contributed by atoms with E-state index in [4.69, 9.17) is 4.42 Å². The molecule has 12 aromatic rings. The molecule has 64 heavy (non-hydrogen) atoms. The van der Waals surface area contributed by atoms with Crippen molar-refractivity contribution >= 4 is 60.5 Å². The Labute approximate surface area is 372 Å². The van der Waals surface area contributed by atoms with Crippen LogP contribution in [0, 0.1) is 0 Å². The topological polar surface area (TPSA) is 16.4 Å². The van der Waals surface area contributed by atoms with E-state index in [2.05, 4.69) is 254 Å². The van der Waals surface area contributed by atoms with E-state index in [1.54, 1.807) is 0 Å². The lowest BCUT2D eigenvalue weighted by Gasteiger charge is -2.26. The number of anilines is 3. The van der Waals surface area contributed by atoms with Crippen molar-refractivity contribution < 1.29 is 4.42 Å². The van der Waals surface area contributed by atoms with Gasteiger partial charge in [-0.1, -0.05) is 182 Å². The highest BCUT2D eigenvalue weighted by molar-refractivity contribution is 6.09. The minimum Gasteiger partial charge on any atom is -0.456 e. The summed E-state index contributed by atoms with van der Waals surface area (Å²) in [5.74, 6) is 0. The van der Waals surface area contributed by atoms with Crippen molar-refractivity contribution in [2.45, 2.75) is 0 Å². The third-order valence-electron chi connectivity index (χ3n) is 12.7. The summed E-state index contributed by atoms with van der Waals surface area (Å²) in [6.45, 7) is 0. The third-order valence-corrected chi connectivity index (χ3v) is 12.7. The number of rotatable bonds is 8. The van der Waals surface area contributed by atoms with Gasteiger partial charge in [-0.25, -0.2) is 0 Å². The van der Waals surface area contributed by atoms with Gasteiger partial charge in [-0.05, 0) is 144 Å². The summed E-state index contributed by atoms with van der Waals surface area (Å²) in [5.41, 5.74) is 16.9. The van der Waals surface area contributed by atoms with Crippen molar-refractivity contribution in [1.82, 2.24) is 0 Å². The van der Waals surface area contributed by atoms with Gasteiger partial charge in [0, 0.05) is 27.8 Å². The Morgan fingerprint density at radius 2 is 0.609 bits per heavy atom. The van der Waals surface area contributed by atoms with E-state index in [0.717, 1.165) is 50.1 Å². The number of hydrogen-bond donors (Lipinski definition) is 0. The molecule has 2 heteroatoms. The molecule has 0 amide bonds. The molecule has 0 atom stereocenters. The van der Waals surface area contributed by atoms with Crippen molar-refractivity contribution in [2.75, 3.05) is 4.90 Å². The zero-order valence-electron chi connectivity index (χ0n) is 35.0. The average molecular weight is 816 g/mol. The Morgan fingerprint density at radius 3 is 1.22 bits per heavy atom. The van der Waals surface area contributed by atoms with Gasteiger partial charge in [0.25, 0.3) is 0 Å². The van der Waals surface area contributed by atoms with Crippen LogP contribution < -0.4 is 4.90 Å². The van der Waals surface area contributed by atoms with Crippen LogP contribution in [-0.2, 0) is 0 Å². The van der Waals surface area contributed by atoms with Crippen LogP contribution in [0.1, 0.15) is 0 Å². The molecule has 300 valence electrons. The number of benzene rings is 11. The van der Waals surface area contributed by atoms with Gasteiger partial charge in [-0.3, -0.25) is 0 Å². The maximum atomic E-state index is 6.38. The zero-order chi connectivity index (χ0) is 42.4. The Morgan fingerprint density at radius 1 is 0.219 bits per heavy atom. The molecule has 12 rings (SSSR count). The second kappa shape index (κ2) is 15.8. The summed E-state index contributed by atoms with van der Waals surface area (Å²) in [6.07, 6.45) is 0. The smallest absolute Gasteiger partial charge is 0.135 e. The molecular formula is C62H41NO. The van der Waals surface area contributed by atoms with Crippen LogP contribution in [0.2, 0.25) is 0 Å². The summed E-state index contributed by atoms with van der Waals surface area (Å²) < 4.78 is 6.38. The van der Waals surface area contributed by atoms with E-state index in [-0.39, 0.29) is 0 Å². The zero-order valence-corrected chi connectivity index (χ0v) is 35.0. The van der Waals surface area contributed by atoms with E-state index < -0.39 is 0 Å². The molecule has 0 fully saturated rings. The minimum absolute atomic E-state index is 0.886. The van der Waals surface area contributed by atoms with Crippen molar-refractivity contribution in [3.8, 4) is 55.6 Å². The maximum absolute atomic E-state index is 6.38. The van der Waals surface area contributed by atoms with Gasteiger partial charge < -0.3 is 9.32 Å². The van der Waals surface area contributed by atoms with Crippen molar-refractivity contribution in [2.24, 2.45) is 0 Å². The molecular weight excluding hydrogens is 775 g/mol. The second-order valence-corrected chi connectivity index (χ2v) is 16.5. The standard InChI is InChI=1S/C62H41NO/c1-3-10-42(11-4-1)44-18-20-45(21-19-44)46-24-30-54(31-25-46)63(56-34-35-58-53(39-56)23-22-48-14-7-8-17-57(48)58)55-32-26-47(27-33-55)51-28-36-61-59(40-51)60-41-52(29-37-62(60)64-61)50-16-9-15-49(38-50)43-12-5-2-6-13-43/h1-41H. The lowest BCUT2D eigenvalue weighted by molar-refractivity contribution is 0.669. The Hall–Kier alpha value is -8.46. The number of fused-ring (bicyclic) bond motifs is 6. The molecule has 0 unspecified atom stereocenters. The van der Waals surface area contributed by atoms with Gasteiger partial charge in [-0.2, -0.15) is 0 Å². The van der Waals surface area contributed by atoms with Gasteiger partial charge in [0.2, 0.25) is 0 Å². The van der Waals surface area contributed by atoms with E-state index in [0.29, 0.717) is 0 Å². The number of nitrogens with zero attached hydrogens (tertiary/aromatic N) is 1. The molecule has 0 radical (unpaired) electrons. The Balaban J connectivity index is 0.896. The lowest BCUT2D eigenvalue weighted by Crippen LogP contribution is -2.09. The molecule has 1 heterocycles. The van der Waals surface area contributed by atoms with Crippen LogP contribution in [0.15, 0.2) is 253 Å². The Bertz CT molecular complexity index is 3630. The van der Waals surface area contributed by atoms with Gasteiger partial charge >= 0.3 is 0 Å². The van der Waals surface area contributed by atoms with Gasteiger partial charge in [0.1, 0.15) is 11.2 Å². The lowest BCUT2D eigenvalue weighted by atomic mass is 9.97. The fraction of sp³-hybridized carbons (Fsp3) is 0. The summed E-state index contributed by atoms with van der Waals surface area (Å²) in [6, 6.07) is 89.6. The van der Waals surface area contributed by atoms with Crippen molar-refractivity contribution in [3.63, 3.8) is 0 Å². The summed E-state index contributed by atoms with van der Waals surface area (Å²) >= 11 is 0. The van der Waals surface area contributed by atoms with Crippen molar-refractivity contribution in [1.29, 1.82) is 0 Å². The molecule has 11 aromatic carbocycles. The fourth-order valence-electron chi connectivity index (χ4n) is 9.32. The molecule has 0 saturated heterocycles. The Kier molecular flexibility index (Phi) is 9.20. The molecule has 0 aliphatic rings. The molecule has 0 N–H and O–H groups in total.